The lowest BCUT2D eigenvalue weighted by Crippen LogP contribution is -2.43. The Kier molecular flexibility index (Phi) is 7.18. The van der Waals surface area contributed by atoms with Crippen LogP contribution in [0.25, 0.3) is 10.2 Å². The zero-order valence-electron chi connectivity index (χ0n) is 18.9. The molecule has 2 aromatic heterocycles. The fourth-order valence-electron chi connectivity index (χ4n) is 3.56. The molecular weight excluding hydrogens is 470 g/mol. The number of hydrogen-bond donors (Lipinski definition) is 2. The van der Waals surface area contributed by atoms with Gasteiger partial charge in [0.05, 0.1) is 22.5 Å². The number of nitrogen functional groups attached to an aromatic ring is 1. The molecule has 0 radical (unpaired) electrons. The lowest BCUT2D eigenvalue weighted by atomic mass is 10.2. The van der Waals surface area contributed by atoms with E-state index in [4.69, 9.17) is 5.73 Å². The first-order chi connectivity index (χ1) is 16.3. The van der Waals surface area contributed by atoms with E-state index in [-0.39, 0.29) is 42.2 Å². The van der Waals surface area contributed by atoms with Gasteiger partial charge in [-0.2, -0.15) is 0 Å². The molecule has 0 fully saturated rings. The number of hydrogen-bond acceptors (Lipinski definition) is 7. The number of H-pyrrole nitrogens is 1. The molecule has 10 heteroatoms. The summed E-state index contributed by atoms with van der Waals surface area (Å²) in [6, 6.07) is 17.1. The van der Waals surface area contributed by atoms with Crippen LogP contribution in [0.3, 0.4) is 0 Å². The van der Waals surface area contributed by atoms with Crippen LogP contribution >= 0.6 is 23.1 Å². The van der Waals surface area contributed by atoms with Crippen molar-refractivity contribution < 1.29 is 4.79 Å². The van der Waals surface area contributed by atoms with E-state index in [0.29, 0.717) is 0 Å². The standard InChI is InChI=1S/C24H25N5O3S2/c1-15(2)12-28(19(30)14-33-24-26-17-10-6-7-11-18(17)34-24)20-21(25)29(23(32)27-22(20)31)13-16-8-4-3-5-9-16/h3-11,15H,12-14,25H2,1-2H3,(H,27,31,32). The van der Waals surface area contributed by atoms with Crippen LogP contribution in [0, 0.1) is 5.92 Å². The summed E-state index contributed by atoms with van der Waals surface area (Å²) in [5, 5.41) is 0. The molecule has 4 aromatic rings. The molecule has 0 atom stereocenters. The predicted molar refractivity (Wildman–Crippen MR) is 139 cm³/mol. The third-order valence-electron chi connectivity index (χ3n) is 5.11. The fourth-order valence-corrected chi connectivity index (χ4v) is 5.50. The number of nitrogens with zero attached hydrogens (tertiary/aromatic N) is 3. The number of fused-ring (bicyclic) bond motifs is 1. The maximum absolute atomic E-state index is 13.3. The van der Waals surface area contributed by atoms with E-state index in [1.165, 1.54) is 32.6 Å². The molecule has 2 heterocycles. The minimum Gasteiger partial charge on any atom is -0.383 e. The van der Waals surface area contributed by atoms with E-state index >= 15 is 0 Å². The van der Waals surface area contributed by atoms with E-state index in [1.54, 1.807) is 0 Å². The Morgan fingerprint density at radius 1 is 1.15 bits per heavy atom. The van der Waals surface area contributed by atoms with Gasteiger partial charge in [0.1, 0.15) is 5.82 Å². The zero-order valence-corrected chi connectivity index (χ0v) is 20.5. The molecule has 0 aliphatic heterocycles. The summed E-state index contributed by atoms with van der Waals surface area (Å²) in [7, 11) is 0. The number of thioether (sulfide) groups is 1. The van der Waals surface area contributed by atoms with Gasteiger partial charge in [-0.1, -0.05) is 68.1 Å². The van der Waals surface area contributed by atoms with E-state index in [0.717, 1.165) is 20.1 Å². The van der Waals surface area contributed by atoms with Crippen molar-refractivity contribution in [3.05, 3.63) is 81.0 Å². The highest BCUT2D eigenvalue weighted by molar-refractivity contribution is 8.01. The van der Waals surface area contributed by atoms with Gasteiger partial charge in [-0.25, -0.2) is 9.78 Å². The lowest BCUT2D eigenvalue weighted by Gasteiger charge is -2.26. The van der Waals surface area contributed by atoms with Crippen LogP contribution in [-0.4, -0.2) is 32.7 Å². The number of carbonyl (C=O) groups excluding carboxylic acids is 1. The van der Waals surface area contributed by atoms with Crippen molar-refractivity contribution in [3.63, 3.8) is 0 Å². The summed E-state index contributed by atoms with van der Waals surface area (Å²) in [4.78, 5) is 47.0. The summed E-state index contributed by atoms with van der Waals surface area (Å²) < 4.78 is 3.10. The molecule has 3 N–H and O–H groups in total. The van der Waals surface area contributed by atoms with Crippen molar-refractivity contribution in [2.45, 2.75) is 24.7 Å². The van der Waals surface area contributed by atoms with E-state index in [1.807, 2.05) is 68.4 Å². The molecular formula is C24H25N5O3S2. The summed E-state index contributed by atoms with van der Waals surface area (Å²) >= 11 is 2.84. The molecule has 34 heavy (non-hydrogen) atoms. The number of benzene rings is 2. The molecule has 2 aromatic carbocycles. The first-order valence-corrected chi connectivity index (χ1v) is 12.6. The topological polar surface area (TPSA) is 114 Å². The lowest BCUT2D eigenvalue weighted by molar-refractivity contribution is -0.116. The number of amides is 1. The summed E-state index contributed by atoms with van der Waals surface area (Å²) in [6.07, 6.45) is 0. The molecule has 0 saturated heterocycles. The van der Waals surface area contributed by atoms with E-state index < -0.39 is 11.2 Å². The summed E-state index contributed by atoms with van der Waals surface area (Å²) in [5.41, 5.74) is 6.78. The number of rotatable bonds is 8. The smallest absolute Gasteiger partial charge is 0.330 e. The molecule has 1 amide bonds. The Morgan fingerprint density at radius 3 is 2.56 bits per heavy atom. The van der Waals surface area contributed by atoms with Gasteiger partial charge in [0, 0.05) is 6.54 Å². The monoisotopic (exact) mass is 495 g/mol. The minimum atomic E-state index is -0.675. The van der Waals surface area contributed by atoms with Crippen LogP contribution in [0.4, 0.5) is 11.5 Å². The van der Waals surface area contributed by atoms with Crippen molar-refractivity contribution in [1.29, 1.82) is 0 Å². The van der Waals surface area contributed by atoms with Gasteiger partial charge in [0.15, 0.2) is 10.0 Å². The maximum Gasteiger partial charge on any atom is 0.330 e. The fraction of sp³-hybridized carbons (Fsp3) is 0.250. The summed E-state index contributed by atoms with van der Waals surface area (Å²) in [5.74, 6) is -0.148. The number of nitrogens with two attached hydrogens (primary N) is 1. The van der Waals surface area contributed by atoms with Crippen LogP contribution in [0.15, 0.2) is 68.5 Å². The third-order valence-corrected chi connectivity index (χ3v) is 7.27. The van der Waals surface area contributed by atoms with Crippen molar-refractivity contribution >= 4 is 50.7 Å². The Balaban J connectivity index is 1.64. The van der Waals surface area contributed by atoms with Gasteiger partial charge in [-0.3, -0.25) is 19.1 Å². The highest BCUT2D eigenvalue weighted by Gasteiger charge is 2.25. The molecule has 0 aliphatic carbocycles. The third kappa shape index (κ3) is 5.23. The molecule has 0 spiro atoms. The highest BCUT2D eigenvalue weighted by Crippen LogP contribution is 2.30. The van der Waals surface area contributed by atoms with E-state index in [9.17, 15) is 14.4 Å². The van der Waals surface area contributed by atoms with Crippen molar-refractivity contribution in [2.75, 3.05) is 22.9 Å². The summed E-state index contributed by atoms with van der Waals surface area (Å²) in [6.45, 7) is 4.37. The second-order valence-corrected chi connectivity index (χ2v) is 10.5. The predicted octanol–water partition coefficient (Wildman–Crippen LogP) is 3.56. The van der Waals surface area contributed by atoms with Gasteiger partial charge < -0.3 is 10.6 Å². The van der Waals surface area contributed by atoms with Gasteiger partial charge >= 0.3 is 5.69 Å². The average molecular weight is 496 g/mol. The first kappa shape index (κ1) is 23.8. The highest BCUT2D eigenvalue weighted by atomic mass is 32.2. The van der Waals surface area contributed by atoms with Crippen molar-refractivity contribution in [1.82, 2.24) is 14.5 Å². The molecule has 0 bridgehead atoms. The van der Waals surface area contributed by atoms with Gasteiger partial charge in [-0.15, -0.1) is 11.3 Å². The number of aromatic nitrogens is 3. The number of para-hydroxylation sites is 1. The molecule has 0 saturated carbocycles. The van der Waals surface area contributed by atoms with Crippen LogP contribution in [0.1, 0.15) is 19.4 Å². The molecule has 4 rings (SSSR count). The van der Waals surface area contributed by atoms with Crippen LogP contribution < -0.4 is 21.9 Å². The second kappa shape index (κ2) is 10.3. The number of carbonyl (C=O) groups is 1. The number of nitrogens with one attached hydrogen (secondary N) is 1. The normalized spacial score (nSPS) is 11.3. The maximum atomic E-state index is 13.3. The number of thiazole rings is 1. The van der Waals surface area contributed by atoms with Gasteiger partial charge in [0.25, 0.3) is 5.56 Å². The minimum absolute atomic E-state index is 0.000805. The van der Waals surface area contributed by atoms with Crippen LogP contribution in [-0.2, 0) is 11.3 Å². The largest absolute Gasteiger partial charge is 0.383 e. The molecule has 176 valence electrons. The molecule has 0 unspecified atom stereocenters. The molecule has 0 aliphatic rings. The average Bonchev–Trinajstić information content (AvgIpc) is 3.23. The van der Waals surface area contributed by atoms with Gasteiger partial charge in [0.2, 0.25) is 5.91 Å². The van der Waals surface area contributed by atoms with Gasteiger partial charge in [-0.05, 0) is 23.6 Å². The van der Waals surface area contributed by atoms with Crippen molar-refractivity contribution in [2.24, 2.45) is 5.92 Å². The first-order valence-electron chi connectivity index (χ1n) is 10.8. The Hall–Kier alpha value is -3.37. The Morgan fingerprint density at radius 2 is 1.85 bits per heavy atom. The SMILES string of the molecule is CC(C)CN(C(=O)CSc1nc2ccccc2s1)c1c(N)n(Cc2ccccc2)c(=O)[nH]c1=O. The Bertz CT molecular complexity index is 1390. The van der Waals surface area contributed by atoms with Crippen LogP contribution in [0.2, 0.25) is 0 Å². The van der Waals surface area contributed by atoms with Crippen LogP contribution in [0.5, 0.6) is 0 Å². The van der Waals surface area contributed by atoms with E-state index in [2.05, 4.69) is 9.97 Å². The number of aromatic amines is 1. The zero-order chi connectivity index (χ0) is 24.2. The Labute approximate surface area is 204 Å². The number of anilines is 2. The second-order valence-electron chi connectivity index (χ2n) is 8.20. The molecule has 8 nitrogen and oxygen atoms in total. The van der Waals surface area contributed by atoms with Crippen molar-refractivity contribution in [3.8, 4) is 0 Å². The quantitative estimate of drug-likeness (QED) is 0.361.